The number of hydrogen-bond acceptors (Lipinski definition) is 6. The van der Waals surface area contributed by atoms with Crippen molar-refractivity contribution in [2.45, 2.75) is 6.92 Å². The Bertz CT molecular complexity index is 386. The summed E-state index contributed by atoms with van der Waals surface area (Å²) in [6, 6.07) is 0. The predicted molar refractivity (Wildman–Crippen MR) is 33.1 cm³/mol. The lowest BCUT2D eigenvalue weighted by Crippen LogP contribution is -2.23. The fraction of sp³-hybridized carbons (Fsp3) is 0.500. The first-order valence-corrected chi connectivity index (χ1v) is 4.98. The van der Waals surface area contributed by atoms with E-state index in [9.17, 15) is 16.8 Å². The maximum Gasteiger partial charge on any atom is 0.466 e. The molecule has 11 heavy (non-hydrogen) atoms. The van der Waals surface area contributed by atoms with Crippen LogP contribution in [0.3, 0.4) is 0 Å². The van der Waals surface area contributed by atoms with Gasteiger partial charge in [-0.05, 0) is 0 Å². The molecule has 1 aliphatic rings. The highest BCUT2D eigenvalue weighted by Crippen LogP contribution is 2.11. The summed E-state index contributed by atoms with van der Waals surface area (Å²) >= 11 is 0. The van der Waals surface area contributed by atoms with Gasteiger partial charge in [0.2, 0.25) is 5.90 Å². The zero-order valence-electron chi connectivity index (χ0n) is 5.21. The van der Waals surface area contributed by atoms with Crippen LogP contribution >= 0.6 is 0 Å². The standard InChI is InChI=1S/C2H3NO6S2/c1-2-3-10(4,5)9-11(6,7)8-2/h1H3. The van der Waals surface area contributed by atoms with Crippen LogP contribution in [0.5, 0.6) is 0 Å². The van der Waals surface area contributed by atoms with Gasteiger partial charge in [0.25, 0.3) is 0 Å². The summed E-state index contributed by atoms with van der Waals surface area (Å²) < 4.78 is 51.7. The summed E-state index contributed by atoms with van der Waals surface area (Å²) in [7, 11) is -8.82. The molecule has 0 bridgehead atoms. The Morgan fingerprint density at radius 3 is 2.18 bits per heavy atom. The van der Waals surface area contributed by atoms with Gasteiger partial charge in [0.15, 0.2) is 0 Å². The van der Waals surface area contributed by atoms with Crippen molar-refractivity contribution in [2.75, 3.05) is 0 Å². The Balaban J connectivity index is 3.27. The van der Waals surface area contributed by atoms with Gasteiger partial charge in [-0.1, -0.05) is 3.63 Å². The molecule has 0 atom stereocenters. The molecule has 0 aromatic heterocycles. The van der Waals surface area contributed by atoms with Crippen molar-refractivity contribution < 1.29 is 24.6 Å². The van der Waals surface area contributed by atoms with Gasteiger partial charge in [-0.25, -0.2) is 0 Å². The van der Waals surface area contributed by atoms with Gasteiger partial charge in [0.1, 0.15) is 0 Å². The van der Waals surface area contributed by atoms with Crippen molar-refractivity contribution in [1.29, 1.82) is 0 Å². The van der Waals surface area contributed by atoms with E-state index in [0.717, 1.165) is 6.92 Å². The van der Waals surface area contributed by atoms with Crippen molar-refractivity contribution in [3.8, 4) is 0 Å². The predicted octanol–water partition coefficient (Wildman–Crippen LogP) is -1.06. The van der Waals surface area contributed by atoms with Crippen LogP contribution in [-0.4, -0.2) is 22.7 Å². The molecular formula is C2H3NO6S2. The highest BCUT2D eigenvalue weighted by molar-refractivity contribution is 7.97. The SMILES string of the molecule is CC1=NS(=O)(=O)OS(=O)(=O)O1. The second-order valence-electron chi connectivity index (χ2n) is 1.60. The average molecular weight is 201 g/mol. The monoisotopic (exact) mass is 201 g/mol. The van der Waals surface area contributed by atoms with Crippen LogP contribution in [0.1, 0.15) is 6.92 Å². The van der Waals surface area contributed by atoms with E-state index in [-0.39, 0.29) is 0 Å². The van der Waals surface area contributed by atoms with Crippen molar-refractivity contribution in [3.05, 3.63) is 0 Å². The molecule has 1 aliphatic heterocycles. The molecule has 0 aromatic carbocycles. The Morgan fingerprint density at radius 1 is 1.27 bits per heavy atom. The van der Waals surface area contributed by atoms with E-state index >= 15 is 0 Å². The van der Waals surface area contributed by atoms with Crippen LogP contribution in [0.25, 0.3) is 0 Å². The third-order valence-corrected chi connectivity index (χ3v) is 2.91. The molecule has 1 rings (SSSR count). The number of hydrogen-bond donors (Lipinski definition) is 0. The Hall–Kier alpha value is -0.670. The summed E-state index contributed by atoms with van der Waals surface area (Å²) in [6.45, 7) is 1.08. The molecule has 0 saturated carbocycles. The number of rotatable bonds is 0. The minimum Gasteiger partial charge on any atom is -0.344 e. The Morgan fingerprint density at radius 2 is 1.82 bits per heavy atom. The quantitative estimate of drug-likeness (QED) is 0.495. The van der Waals surface area contributed by atoms with Crippen molar-refractivity contribution in [1.82, 2.24) is 0 Å². The second-order valence-corrected chi connectivity index (χ2v) is 4.16. The van der Waals surface area contributed by atoms with E-state index in [1.165, 1.54) is 0 Å². The largest absolute Gasteiger partial charge is 0.466 e. The average Bonchev–Trinajstić information content (AvgIpc) is 1.49. The molecule has 0 saturated heterocycles. The highest BCUT2D eigenvalue weighted by atomic mass is 32.3. The van der Waals surface area contributed by atoms with Gasteiger partial charge in [0.05, 0.1) is 0 Å². The third kappa shape index (κ3) is 2.13. The van der Waals surface area contributed by atoms with Crippen LogP contribution in [0.4, 0.5) is 0 Å². The summed E-state index contributed by atoms with van der Waals surface area (Å²) in [5, 5.41) is 0. The topological polar surface area (TPSA) is 99.1 Å². The highest BCUT2D eigenvalue weighted by Gasteiger charge is 2.30. The first-order valence-electron chi connectivity index (χ1n) is 2.28. The second kappa shape index (κ2) is 2.16. The molecule has 0 aliphatic carbocycles. The van der Waals surface area contributed by atoms with Gasteiger partial charge >= 0.3 is 20.7 Å². The lowest BCUT2D eigenvalue weighted by molar-refractivity contribution is 0.374. The van der Waals surface area contributed by atoms with Crippen LogP contribution in [0, 0.1) is 0 Å². The molecule has 0 fully saturated rings. The Kier molecular flexibility index (Phi) is 1.65. The molecule has 9 heteroatoms. The summed E-state index contributed by atoms with van der Waals surface area (Å²) in [5.41, 5.74) is 0. The van der Waals surface area contributed by atoms with Crippen LogP contribution < -0.4 is 0 Å². The fourth-order valence-electron chi connectivity index (χ4n) is 0.455. The first kappa shape index (κ1) is 8.43. The van der Waals surface area contributed by atoms with Crippen LogP contribution in [0.2, 0.25) is 0 Å². The molecular weight excluding hydrogens is 198 g/mol. The van der Waals surface area contributed by atoms with Gasteiger partial charge < -0.3 is 4.18 Å². The zero-order chi connectivity index (χ0) is 8.70. The smallest absolute Gasteiger partial charge is 0.344 e. The number of nitrogens with zero attached hydrogens (tertiary/aromatic N) is 1. The normalized spacial score (nSPS) is 26.8. The molecule has 7 nitrogen and oxygen atoms in total. The third-order valence-electron chi connectivity index (χ3n) is 0.632. The molecule has 0 N–H and O–H groups in total. The van der Waals surface area contributed by atoms with E-state index in [2.05, 4.69) is 12.2 Å². The van der Waals surface area contributed by atoms with E-state index in [4.69, 9.17) is 0 Å². The van der Waals surface area contributed by atoms with Gasteiger partial charge in [-0.15, -0.1) is 4.40 Å². The molecule has 0 radical (unpaired) electrons. The van der Waals surface area contributed by atoms with Gasteiger partial charge in [-0.2, -0.15) is 16.8 Å². The molecule has 1 heterocycles. The van der Waals surface area contributed by atoms with Gasteiger partial charge in [-0.3, -0.25) is 0 Å². The van der Waals surface area contributed by atoms with Gasteiger partial charge in [0, 0.05) is 6.92 Å². The molecule has 0 aromatic rings. The maximum atomic E-state index is 10.4. The molecule has 64 valence electrons. The maximum absolute atomic E-state index is 10.4. The summed E-state index contributed by atoms with van der Waals surface area (Å²) in [5.74, 6) is -0.490. The molecule has 0 amide bonds. The van der Waals surface area contributed by atoms with E-state index < -0.39 is 26.6 Å². The van der Waals surface area contributed by atoms with Crippen molar-refractivity contribution in [3.63, 3.8) is 0 Å². The fourth-order valence-corrected chi connectivity index (χ4v) is 2.26. The van der Waals surface area contributed by atoms with Crippen LogP contribution in [-0.2, 0) is 28.5 Å². The molecule has 0 spiro atoms. The van der Waals surface area contributed by atoms with Crippen molar-refractivity contribution in [2.24, 2.45) is 4.40 Å². The summed E-state index contributed by atoms with van der Waals surface area (Å²) in [4.78, 5) is 0. The Labute approximate surface area is 63.2 Å². The lowest BCUT2D eigenvalue weighted by Gasteiger charge is -2.08. The van der Waals surface area contributed by atoms with E-state index in [1.54, 1.807) is 0 Å². The van der Waals surface area contributed by atoms with E-state index in [1.807, 2.05) is 0 Å². The minimum absolute atomic E-state index is 0.490. The van der Waals surface area contributed by atoms with Crippen molar-refractivity contribution >= 4 is 26.6 Å². The first-order chi connectivity index (χ1) is 4.81. The zero-order valence-corrected chi connectivity index (χ0v) is 6.85. The minimum atomic E-state index is -4.46. The van der Waals surface area contributed by atoms with Crippen LogP contribution in [0.15, 0.2) is 4.40 Å². The summed E-state index contributed by atoms with van der Waals surface area (Å²) in [6.07, 6.45) is 0. The van der Waals surface area contributed by atoms with E-state index in [0.29, 0.717) is 0 Å². The lowest BCUT2D eigenvalue weighted by atomic mass is 10.8. The molecule has 0 unspecified atom stereocenters.